The fourth-order valence-electron chi connectivity index (χ4n) is 1.99. The predicted octanol–water partition coefficient (Wildman–Crippen LogP) is 3.58. The molecule has 0 aliphatic rings. The van der Waals surface area contributed by atoms with Crippen LogP contribution in [0.15, 0.2) is 48.8 Å². The van der Waals surface area contributed by atoms with Gasteiger partial charge in [-0.05, 0) is 64.9 Å². The highest BCUT2D eigenvalue weighted by Crippen LogP contribution is 2.18. The highest BCUT2D eigenvalue weighted by Gasteiger charge is 2.10. The highest BCUT2D eigenvalue weighted by atomic mass is 127. The van der Waals surface area contributed by atoms with Crippen molar-refractivity contribution in [1.29, 1.82) is 0 Å². The van der Waals surface area contributed by atoms with Crippen LogP contribution >= 0.6 is 22.6 Å². The third-order valence-corrected chi connectivity index (χ3v) is 3.61. The summed E-state index contributed by atoms with van der Waals surface area (Å²) < 4.78 is 1.28. The summed E-state index contributed by atoms with van der Waals surface area (Å²) in [6, 6.07) is 13.2. The van der Waals surface area contributed by atoms with Gasteiger partial charge in [-0.2, -0.15) is 0 Å². The molecule has 94 valence electrons. The van der Waals surface area contributed by atoms with Gasteiger partial charge in [0, 0.05) is 22.0 Å². The lowest BCUT2D eigenvalue weighted by molar-refractivity contribution is 0.548. The van der Waals surface area contributed by atoms with Crippen LogP contribution in [-0.4, -0.2) is 11.5 Å². The van der Waals surface area contributed by atoms with E-state index in [0.29, 0.717) is 6.04 Å². The number of likely N-dealkylation sites (N-methyl/N-ethyl adjacent to an activating group) is 1. The molecular weight excluding hydrogens is 335 g/mol. The van der Waals surface area contributed by atoms with Gasteiger partial charge in [0.1, 0.15) is 0 Å². The van der Waals surface area contributed by atoms with E-state index >= 15 is 0 Å². The predicted molar refractivity (Wildman–Crippen MR) is 83.5 cm³/mol. The van der Waals surface area contributed by atoms with Crippen LogP contribution in [0.25, 0.3) is 0 Å². The van der Waals surface area contributed by atoms with E-state index in [1.54, 1.807) is 0 Å². The number of pyridine rings is 1. The van der Waals surface area contributed by atoms with E-state index in [9.17, 15) is 0 Å². The van der Waals surface area contributed by atoms with Crippen molar-refractivity contribution in [2.45, 2.75) is 19.4 Å². The van der Waals surface area contributed by atoms with Gasteiger partial charge in [0.25, 0.3) is 0 Å². The van der Waals surface area contributed by atoms with Crippen LogP contribution in [0.1, 0.15) is 24.1 Å². The molecule has 1 heterocycles. The standard InChI is InChI=1S/C15H17IN2/c1-2-18-15(13-4-3-9-17-11-13)10-12-5-7-14(16)8-6-12/h3-9,11,15,18H,2,10H2,1H3. The minimum Gasteiger partial charge on any atom is -0.310 e. The van der Waals surface area contributed by atoms with E-state index in [-0.39, 0.29) is 0 Å². The summed E-state index contributed by atoms with van der Waals surface area (Å²) >= 11 is 2.33. The smallest absolute Gasteiger partial charge is 0.0376 e. The molecule has 3 heteroatoms. The Hall–Kier alpha value is -0.940. The number of hydrogen-bond acceptors (Lipinski definition) is 2. The Morgan fingerprint density at radius 2 is 2.00 bits per heavy atom. The molecule has 0 saturated heterocycles. The number of nitrogens with zero attached hydrogens (tertiary/aromatic N) is 1. The number of aromatic nitrogens is 1. The first-order chi connectivity index (χ1) is 8.79. The maximum atomic E-state index is 4.20. The normalized spacial score (nSPS) is 12.3. The molecule has 0 amide bonds. The molecule has 2 rings (SSSR count). The van der Waals surface area contributed by atoms with Crippen molar-refractivity contribution in [2.75, 3.05) is 6.54 Å². The summed E-state index contributed by atoms with van der Waals surface area (Å²) in [5.74, 6) is 0. The second kappa shape index (κ2) is 6.85. The maximum Gasteiger partial charge on any atom is 0.0376 e. The molecule has 0 bridgehead atoms. The van der Waals surface area contributed by atoms with Crippen LogP contribution in [0, 0.1) is 3.57 Å². The van der Waals surface area contributed by atoms with Gasteiger partial charge in [-0.1, -0.05) is 25.1 Å². The van der Waals surface area contributed by atoms with E-state index in [2.05, 4.69) is 70.1 Å². The van der Waals surface area contributed by atoms with Crippen molar-refractivity contribution in [3.05, 3.63) is 63.5 Å². The molecule has 0 aliphatic carbocycles. The largest absolute Gasteiger partial charge is 0.310 e. The van der Waals surface area contributed by atoms with Crippen molar-refractivity contribution >= 4 is 22.6 Å². The van der Waals surface area contributed by atoms with Crippen LogP contribution in [0.4, 0.5) is 0 Å². The molecule has 0 fully saturated rings. The summed E-state index contributed by atoms with van der Waals surface area (Å²) in [4.78, 5) is 4.20. The van der Waals surface area contributed by atoms with Crippen molar-refractivity contribution in [3.8, 4) is 0 Å². The molecule has 1 aromatic carbocycles. The van der Waals surface area contributed by atoms with Gasteiger partial charge in [0.15, 0.2) is 0 Å². The summed E-state index contributed by atoms with van der Waals surface area (Å²) in [7, 11) is 0. The molecule has 0 radical (unpaired) electrons. The van der Waals surface area contributed by atoms with E-state index in [1.807, 2.05) is 18.5 Å². The van der Waals surface area contributed by atoms with E-state index in [4.69, 9.17) is 0 Å². The molecule has 1 unspecified atom stereocenters. The number of nitrogens with one attached hydrogen (secondary N) is 1. The van der Waals surface area contributed by atoms with Gasteiger partial charge in [0.05, 0.1) is 0 Å². The lowest BCUT2D eigenvalue weighted by atomic mass is 10.0. The second-order valence-corrected chi connectivity index (χ2v) is 5.47. The fraction of sp³-hybridized carbons (Fsp3) is 0.267. The molecule has 2 aromatic rings. The summed E-state index contributed by atoms with van der Waals surface area (Å²) in [5.41, 5.74) is 2.60. The fourth-order valence-corrected chi connectivity index (χ4v) is 2.35. The molecule has 18 heavy (non-hydrogen) atoms. The van der Waals surface area contributed by atoms with Crippen molar-refractivity contribution in [3.63, 3.8) is 0 Å². The van der Waals surface area contributed by atoms with Gasteiger partial charge in [-0.25, -0.2) is 0 Å². The first-order valence-electron chi connectivity index (χ1n) is 6.17. The van der Waals surface area contributed by atoms with E-state index in [1.165, 1.54) is 14.7 Å². The summed E-state index contributed by atoms with van der Waals surface area (Å²) in [6.07, 6.45) is 4.76. The van der Waals surface area contributed by atoms with Crippen LogP contribution in [0.5, 0.6) is 0 Å². The minimum absolute atomic E-state index is 0.337. The third-order valence-electron chi connectivity index (χ3n) is 2.89. The monoisotopic (exact) mass is 352 g/mol. The Bertz CT molecular complexity index is 468. The van der Waals surface area contributed by atoms with E-state index in [0.717, 1.165) is 13.0 Å². The second-order valence-electron chi connectivity index (χ2n) is 4.23. The van der Waals surface area contributed by atoms with Crippen molar-refractivity contribution in [2.24, 2.45) is 0 Å². The Morgan fingerprint density at radius 3 is 2.61 bits per heavy atom. The SMILES string of the molecule is CCNC(Cc1ccc(I)cc1)c1cccnc1. The molecule has 0 saturated carbocycles. The molecule has 0 spiro atoms. The zero-order valence-corrected chi connectivity index (χ0v) is 12.6. The van der Waals surface area contributed by atoms with Gasteiger partial charge in [-0.15, -0.1) is 0 Å². The first-order valence-corrected chi connectivity index (χ1v) is 7.25. The van der Waals surface area contributed by atoms with Crippen LogP contribution < -0.4 is 5.32 Å². The Morgan fingerprint density at radius 1 is 1.22 bits per heavy atom. The number of rotatable bonds is 5. The highest BCUT2D eigenvalue weighted by molar-refractivity contribution is 14.1. The van der Waals surface area contributed by atoms with Crippen LogP contribution in [-0.2, 0) is 6.42 Å². The average Bonchev–Trinajstić information content (AvgIpc) is 2.42. The number of halogens is 1. The average molecular weight is 352 g/mol. The lowest BCUT2D eigenvalue weighted by Gasteiger charge is -2.18. The summed E-state index contributed by atoms with van der Waals surface area (Å²) in [5, 5.41) is 3.52. The zero-order valence-electron chi connectivity index (χ0n) is 10.4. The van der Waals surface area contributed by atoms with Crippen LogP contribution in [0.3, 0.4) is 0 Å². The molecule has 1 aromatic heterocycles. The third kappa shape index (κ3) is 3.78. The lowest BCUT2D eigenvalue weighted by Crippen LogP contribution is -2.23. The molecular formula is C15H17IN2. The Labute approximate surface area is 122 Å². The van der Waals surface area contributed by atoms with Crippen molar-refractivity contribution < 1.29 is 0 Å². The Balaban J connectivity index is 2.14. The molecule has 0 aliphatic heterocycles. The summed E-state index contributed by atoms with van der Waals surface area (Å²) in [6.45, 7) is 3.10. The zero-order chi connectivity index (χ0) is 12.8. The first kappa shape index (κ1) is 13.5. The molecule has 1 atom stereocenters. The van der Waals surface area contributed by atoms with Crippen molar-refractivity contribution in [1.82, 2.24) is 10.3 Å². The number of hydrogen-bond donors (Lipinski definition) is 1. The number of benzene rings is 1. The minimum atomic E-state index is 0.337. The van der Waals surface area contributed by atoms with Gasteiger partial charge in [0.2, 0.25) is 0 Å². The van der Waals surface area contributed by atoms with Gasteiger partial charge in [-0.3, -0.25) is 4.98 Å². The maximum absolute atomic E-state index is 4.20. The van der Waals surface area contributed by atoms with Gasteiger partial charge < -0.3 is 5.32 Å². The molecule has 1 N–H and O–H groups in total. The quantitative estimate of drug-likeness (QED) is 0.832. The van der Waals surface area contributed by atoms with Gasteiger partial charge >= 0.3 is 0 Å². The Kier molecular flexibility index (Phi) is 5.13. The topological polar surface area (TPSA) is 24.9 Å². The molecule has 2 nitrogen and oxygen atoms in total. The van der Waals surface area contributed by atoms with E-state index < -0.39 is 0 Å². The van der Waals surface area contributed by atoms with Crippen LogP contribution in [0.2, 0.25) is 0 Å².